The van der Waals surface area contributed by atoms with Gasteiger partial charge in [-0.2, -0.15) is 0 Å². The Labute approximate surface area is 149 Å². The number of carbonyl (C=O) groups excluding carboxylic acids is 1. The van der Waals surface area contributed by atoms with Crippen LogP contribution in [0, 0.1) is 3.57 Å². The maximum absolute atomic E-state index is 12.2. The molecule has 6 heteroatoms. The second-order valence-electron chi connectivity index (χ2n) is 4.55. The van der Waals surface area contributed by atoms with Crippen LogP contribution in [0.3, 0.4) is 0 Å². The second-order valence-corrected chi connectivity index (χ2v) is 6.79. The van der Waals surface area contributed by atoms with Crippen LogP contribution in [0.4, 0.5) is 0 Å². The summed E-state index contributed by atoms with van der Waals surface area (Å²) in [6, 6.07) is 8.16. The van der Waals surface area contributed by atoms with E-state index in [1.807, 2.05) is 12.1 Å². The van der Waals surface area contributed by atoms with E-state index in [0.717, 1.165) is 24.5 Å². The Balaban J connectivity index is 0.00000220. The highest BCUT2D eigenvalue weighted by molar-refractivity contribution is 14.1. The number of likely N-dealkylation sites (N-methyl/N-ethyl adjacent to an activating group) is 1. The summed E-state index contributed by atoms with van der Waals surface area (Å²) in [5, 5.41) is 4.18. The van der Waals surface area contributed by atoms with Gasteiger partial charge in [0.15, 0.2) is 0 Å². The van der Waals surface area contributed by atoms with Crippen molar-refractivity contribution in [3.05, 3.63) is 32.7 Å². The molecular formula is C15H20ClIN2OS. The summed E-state index contributed by atoms with van der Waals surface area (Å²) in [6.45, 7) is 7.92. The molecule has 1 aromatic carbocycles. The van der Waals surface area contributed by atoms with E-state index < -0.39 is 0 Å². The van der Waals surface area contributed by atoms with Crippen molar-refractivity contribution in [2.24, 2.45) is 0 Å². The molecule has 0 fully saturated rings. The third kappa shape index (κ3) is 4.81. The topological polar surface area (TPSA) is 32.3 Å². The van der Waals surface area contributed by atoms with Gasteiger partial charge in [0.1, 0.15) is 0 Å². The molecule has 1 amide bonds. The minimum Gasteiger partial charge on any atom is -0.350 e. The summed E-state index contributed by atoms with van der Waals surface area (Å²) in [4.78, 5) is 15.3. The third-order valence-electron chi connectivity index (χ3n) is 3.34. The molecule has 21 heavy (non-hydrogen) atoms. The standard InChI is InChI=1S/C15H19IN2OS.ClH/c1-3-18(4-2)9-8-17-15(19)14-10-11-12(16)6-5-7-13(11)20-14;/h5-7,10H,3-4,8-9H2,1-2H3,(H,17,19);1H/i16-2;. The Kier molecular flexibility index (Phi) is 7.94. The normalized spacial score (nSPS) is 10.7. The molecule has 0 spiro atoms. The molecule has 0 saturated heterocycles. The average Bonchev–Trinajstić information content (AvgIpc) is 2.89. The first kappa shape index (κ1) is 18.7. The van der Waals surface area contributed by atoms with Gasteiger partial charge < -0.3 is 10.2 Å². The summed E-state index contributed by atoms with van der Waals surface area (Å²) >= 11 is 3.87. The lowest BCUT2D eigenvalue weighted by atomic mass is 10.2. The highest BCUT2D eigenvalue weighted by Gasteiger charge is 2.11. The van der Waals surface area contributed by atoms with Crippen LogP contribution in [0.15, 0.2) is 24.3 Å². The van der Waals surface area contributed by atoms with Gasteiger partial charge >= 0.3 is 0 Å². The van der Waals surface area contributed by atoms with Crippen molar-refractivity contribution in [2.45, 2.75) is 13.8 Å². The zero-order valence-corrected chi connectivity index (χ0v) is 16.0. The first-order valence-corrected chi connectivity index (χ1v) is 8.73. The fraction of sp³-hybridized carbons (Fsp3) is 0.400. The van der Waals surface area contributed by atoms with E-state index in [4.69, 9.17) is 0 Å². The Morgan fingerprint density at radius 3 is 2.67 bits per heavy atom. The lowest BCUT2D eigenvalue weighted by Gasteiger charge is -2.17. The molecule has 116 valence electrons. The number of carbonyl (C=O) groups is 1. The molecule has 0 radical (unpaired) electrons. The van der Waals surface area contributed by atoms with Crippen molar-refractivity contribution in [3.8, 4) is 0 Å². The molecule has 0 saturated carbocycles. The van der Waals surface area contributed by atoms with E-state index in [1.165, 1.54) is 13.7 Å². The van der Waals surface area contributed by atoms with Gasteiger partial charge in [-0.05, 0) is 53.9 Å². The predicted molar refractivity (Wildman–Crippen MR) is 102 cm³/mol. The number of nitrogens with zero attached hydrogens (tertiary/aromatic N) is 1. The number of benzene rings is 1. The van der Waals surface area contributed by atoms with Crippen molar-refractivity contribution in [1.82, 2.24) is 10.2 Å². The Bertz CT molecular complexity index is 598. The molecule has 1 N–H and O–H groups in total. The van der Waals surface area contributed by atoms with Crippen molar-refractivity contribution in [1.29, 1.82) is 0 Å². The van der Waals surface area contributed by atoms with Crippen LogP contribution in [0.25, 0.3) is 10.1 Å². The molecular weight excluding hydrogens is 417 g/mol. The maximum Gasteiger partial charge on any atom is 0.261 e. The zero-order chi connectivity index (χ0) is 14.5. The van der Waals surface area contributed by atoms with E-state index in [2.05, 4.69) is 58.8 Å². The molecule has 0 unspecified atom stereocenters. The summed E-state index contributed by atoms with van der Waals surface area (Å²) in [5.41, 5.74) is 0. The summed E-state index contributed by atoms with van der Waals surface area (Å²) < 4.78 is 2.37. The van der Waals surface area contributed by atoms with Crippen LogP contribution in [-0.2, 0) is 0 Å². The quantitative estimate of drug-likeness (QED) is 0.694. The lowest BCUT2D eigenvalue weighted by Crippen LogP contribution is -2.34. The van der Waals surface area contributed by atoms with Crippen LogP contribution in [0.1, 0.15) is 23.5 Å². The van der Waals surface area contributed by atoms with Gasteiger partial charge in [0, 0.05) is 26.7 Å². The molecule has 0 aliphatic rings. The summed E-state index contributed by atoms with van der Waals surface area (Å²) in [5.74, 6) is 0.0363. The Morgan fingerprint density at radius 2 is 2.05 bits per heavy atom. The highest BCUT2D eigenvalue weighted by Crippen LogP contribution is 2.29. The van der Waals surface area contributed by atoms with E-state index in [0.29, 0.717) is 6.54 Å². The van der Waals surface area contributed by atoms with Gasteiger partial charge in [-0.1, -0.05) is 19.9 Å². The SMILES string of the molecule is CCN(CC)CCNC(=O)c1cc2c([125I])cccc2s1.Cl. The molecule has 2 aromatic rings. The molecule has 1 heterocycles. The first-order chi connectivity index (χ1) is 9.65. The third-order valence-corrected chi connectivity index (χ3v) is 5.38. The molecule has 3 nitrogen and oxygen atoms in total. The molecule has 0 aliphatic heterocycles. The lowest BCUT2D eigenvalue weighted by molar-refractivity contribution is 0.0953. The number of amides is 1. The van der Waals surface area contributed by atoms with E-state index in [9.17, 15) is 4.79 Å². The van der Waals surface area contributed by atoms with Crippen LogP contribution >= 0.6 is 46.3 Å². The first-order valence-electron chi connectivity index (χ1n) is 6.84. The molecule has 0 bridgehead atoms. The smallest absolute Gasteiger partial charge is 0.261 e. The highest BCUT2D eigenvalue weighted by atomic mass is 125. The van der Waals surface area contributed by atoms with Gasteiger partial charge in [-0.3, -0.25) is 4.79 Å². The van der Waals surface area contributed by atoms with Crippen LogP contribution in [0.5, 0.6) is 0 Å². The average molecular weight is 437 g/mol. The van der Waals surface area contributed by atoms with E-state index in [-0.39, 0.29) is 18.3 Å². The van der Waals surface area contributed by atoms with E-state index in [1.54, 1.807) is 11.3 Å². The van der Waals surface area contributed by atoms with Crippen LogP contribution in [-0.4, -0.2) is 37.0 Å². The fourth-order valence-corrected chi connectivity index (χ4v) is 3.93. The Morgan fingerprint density at radius 1 is 1.33 bits per heavy atom. The monoisotopic (exact) mass is 436 g/mol. The number of thiophene rings is 1. The second kappa shape index (κ2) is 8.92. The molecule has 0 atom stereocenters. The summed E-state index contributed by atoms with van der Waals surface area (Å²) in [7, 11) is 0. The van der Waals surface area contributed by atoms with Gasteiger partial charge in [0.2, 0.25) is 0 Å². The van der Waals surface area contributed by atoms with E-state index >= 15 is 0 Å². The Hall–Kier alpha value is -0.370. The zero-order valence-electron chi connectivity index (χ0n) is 12.2. The van der Waals surface area contributed by atoms with Gasteiger partial charge in [0.05, 0.1) is 4.88 Å². The molecule has 2 rings (SSSR count). The number of hydrogen-bond donors (Lipinski definition) is 1. The number of halogens is 2. The van der Waals surface area contributed by atoms with Crippen molar-refractivity contribution in [2.75, 3.05) is 26.2 Å². The largest absolute Gasteiger partial charge is 0.350 e. The van der Waals surface area contributed by atoms with Crippen molar-refractivity contribution < 1.29 is 4.79 Å². The molecule has 1 aromatic heterocycles. The maximum atomic E-state index is 12.2. The minimum absolute atomic E-state index is 0. The predicted octanol–water partition coefficient (Wildman–Crippen LogP) is 4.00. The molecule has 0 aliphatic carbocycles. The fourth-order valence-electron chi connectivity index (χ4n) is 2.09. The van der Waals surface area contributed by atoms with Crippen molar-refractivity contribution in [3.63, 3.8) is 0 Å². The van der Waals surface area contributed by atoms with Gasteiger partial charge in [-0.15, -0.1) is 23.7 Å². The number of nitrogens with one attached hydrogen (secondary N) is 1. The van der Waals surface area contributed by atoms with Gasteiger partial charge in [0.25, 0.3) is 5.91 Å². The van der Waals surface area contributed by atoms with Gasteiger partial charge in [-0.25, -0.2) is 0 Å². The van der Waals surface area contributed by atoms with Crippen LogP contribution in [0.2, 0.25) is 0 Å². The van der Waals surface area contributed by atoms with Crippen LogP contribution < -0.4 is 5.32 Å². The van der Waals surface area contributed by atoms with Crippen molar-refractivity contribution >= 4 is 62.3 Å². The number of rotatable bonds is 6. The summed E-state index contributed by atoms with van der Waals surface area (Å²) in [6.07, 6.45) is 0. The minimum atomic E-state index is 0. The number of fused-ring (bicyclic) bond motifs is 1. The number of hydrogen-bond acceptors (Lipinski definition) is 3.